The standard InChI is InChI=1S/C6H9O3Si4/c1-4-10-7-13(8-11-5-2)9-12-6-3/h4-6H,1-3H2. The van der Waals surface area contributed by atoms with Gasteiger partial charge in [-0.05, 0) is 0 Å². The summed E-state index contributed by atoms with van der Waals surface area (Å²) in [5, 5.41) is 0. The predicted octanol–water partition coefficient (Wildman–Crippen LogP) is 0.309. The summed E-state index contributed by atoms with van der Waals surface area (Å²) < 4.78 is 15.8. The fourth-order valence-electron chi connectivity index (χ4n) is 0.332. The minimum absolute atomic E-state index is 0.217. The highest BCUT2D eigenvalue weighted by molar-refractivity contribution is 6.61. The minimum atomic E-state index is -1.61. The van der Waals surface area contributed by atoms with Crippen LogP contribution < -0.4 is 0 Å². The zero-order valence-corrected chi connectivity index (χ0v) is 11.1. The second-order valence-corrected chi connectivity index (χ2v) is 6.40. The van der Waals surface area contributed by atoms with E-state index in [0.29, 0.717) is 0 Å². The van der Waals surface area contributed by atoms with E-state index in [1.807, 2.05) is 0 Å². The molecule has 0 spiro atoms. The molecule has 0 aliphatic rings. The smallest absolute Gasteiger partial charge is 0.410 e. The van der Waals surface area contributed by atoms with E-state index in [1.54, 1.807) is 17.1 Å². The van der Waals surface area contributed by atoms with Gasteiger partial charge in [-0.1, -0.05) is 17.1 Å². The third kappa shape index (κ3) is 8.30. The van der Waals surface area contributed by atoms with E-state index in [-0.39, 0.29) is 29.3 Å². The van der Waals surface area contributed by atoms with E-state index in [1.165, 1.54) is 0 Å². The first-order valence-electron chi connectivity index (χ1n) is 3.32. The molecule has 0 aliphatic heterocycles. The molecule has 0 aliphatic carbocycles. The van der Waals surface area contributed by atoms with Gasteiger partial charge in [0.1, 0.15) is 0 Å². The maximum atomic E-state index is 5.28. The van der Waals surface area contributed by atoms with Gasteiger partial charge in [0.2, 0.25) is 0 Å². The van der Waals surface area contributed by atoms with E-state index < -0.39 is 9.53 Å². The van der Waals surface area contributed by atoms with Gasteiger partial charge < -0.3 is 12.3 Å². The Morgan fingerprint density at radius 1 is 0.769 bits per heavy atom. The van der Waals surface area contributed by atoms with Gasteiger partial charge in [0.15, 0.2) is 0 Å². The van der Waals surface area contributed by atoms with Crippen molar-refractivity contribution in [2.24, 2.45) is 0 Å². The van der Waals surface area contributed by atoms with Crippen LogP contribution in [-0.4, -0.2) is 38.8 Å². The van der Waals surface area contributed by atoms with Crippen LogP contribution in [0.25, 0.3) is 0 Å². The Hall–Kier alpha value is -0.0325. The van der Waals surface area contributed by atoms with Gasteiger partial charge >= 0.3 is 9.53 Å². The van der Waals surface area contributed by atoms with Gasteiger partial charge in [0.05, 0.1) is 0 Å². The van der Waals surface area contributed by atoms with E-state index in [4.69, 9.17) is 12.3 Å². The summed E-state index contributed by atoms with van der Waals surface area (Å²) in [4.78, 5) is 0. The summed E-state index contributed by atoms with van der Waals surface area (Å²) in [5.74, 6) is 0. The first-order valence-corrected chi connectivity index (χ1v) is 7.50. The highest BCUT2D eigenvalue weighted by atomic mass is 28.4. The zero-order chi connectivity index (χ0) is 9.94. The maximum Gasteiger partial charge on any atom is 0.544 e. The molecule has 13 heavy (non-hydrogen) atoms. The molecular formula is C6H9O3Si4. The van der Waals surface area contributed by atoms with Crippen molar-refractivity contribution in [1.82, 2.24) is 0 Å². The Bertz CT molecular complexity index is 135. The third-order valence-electron chi connectivity index (χ3n) is 0.677. The Kier molecular flexibility index (Phi) is 10.0. The molecule has 3 nitrogen and oxygen atoms in total. The van der Waals surface area contributed by atoms with Crippen LogP contribution in [0.5, 0.6) is 0 Å². The molecule has 0 saturated heterocycles. The Labute approximate surface area is 88.3 Å². The summed E-state index contributed by atoms with van der Waals surface area (Å²) in [5.41, 5.74) is 5.06. The monoisotopic (exact) mass is 241 g/mol. The molecular weight excluding hydrogens is 232 g/mol. The van der Waals surface area contributed by atoms with Crippen LogP contribution in [0, 0.1) is 0 Å². The second kappa shape index (κ2) is 10.1. The molecule has 0 aromatic carbocycles. The summed E-state index contributed by atoms with van der Waals surface area (Å²) in [6, 6.07) is 0. The van der Waals surface area contributed by atoms with E-state index in [9.17, 15) is 0 Å². The Balaban J connectivity index is 3.64. The molecule has 0 N–H and O–H groups in total. The van der Waals surface area contributed by atoms with Crippen LogP contribution >= 0.6 is 0 Å². The second-order valence-electron chi connectivity index (χ2n) is 1.52. The van der Waals surface area contributed by atoms with E-state index in [2.05, 4.69) is 19.7 Å². The predicted molar refractivity (Wildman–Crippen MR) is 56.9 cm³/mol. The number of rotatable bonds is 9. The van der Waals surface area contributed by atoms with Crippen molar-refractivity contribution < 1.29 is 12.3 Å². The van der Waals surface area contributed by atoms with E-state index >= 15 is 0 Å². The Morgan fingerprint density at radius 2 is 1.08 bits per heavy atom. The first kappa shape index (κ1) is 13.0. The molecule has 0 saturated carbocycles. The molecule has 0 atom stereocenters. The molecule has 7 radical (unpaired) electrons. The highest BCUT2D eigenvalue weighted by Gasteiger charge is 2.16. The fourth-order valence-corrected chi connectivity index (χ4v) is 4.11. The van der Waals surface area contributed by atoms with Crippen LogP contribution in [0.1, 0.15) is 0 Å². The van der Waals surface area contributed by atoms with Crippen molar-refractivity contribution in [1.29, 1.82) is 0 Å². The lowest BCUT2D eigenvalue weighted by Gasteiger charge is -2.10. The SMILES string of the molecule is C=C[Si]O[Si](O[Si]C=C)O[Si]C=C. The van der Waals surface area contributed by atoms with Crippen LogP contribution in [0.4, 0.5) is 0 Å². The maximum absolute atomic E-state index is 5.28. The first-order chi connectivity index (χ1) is 6.35. The fraction of sp³-hybridized carbons (Fsp3) is 0. The Morgan fingerprint density at radius 3 is 1.31 bits per heavy atom. The van der Waals surface area contributed by atoms with Crippen molar-refractivity contribution in [3.8, 4) is 0 Å². The molecule has 0 aromatic heterocycles. The average molecular weight is 241 g/mol. The topological polar surface area (TPSA) is 27.7 Å². The number of hydrogen-bond acceptors (Lipinski definition) is 3. The summed E-state index contributed by atoms with van der Waals surface area (Å²) >= 11 is 0. The van der Waals surface area contributed by atoms with Gasteiger partial charge in [0, 0.05) is 0 Å². The molecule has 0 rings (SSSR count). The lowest BCUT2D eigenvalue weighted by atomic mass is 11.3. The molecule has 0 unspecified atom stereocenters. The van der Waals surface area contributed by atoms with Crippen LogP contribution in [0.3, 0.4) is 0 Å². The summed E-state index contributed by atoms with van der Waals surface area (Å²) in [6.45, 7) is 10.6. The van der Waals surface area contributed by atoms with E-state index in [0.717, 1.165) is 0 Å². The van der Waals surface area contributed by atoms with Crippen molar-refractivity contribution >= 4 is 38.8 Å². The lowest BCUT2D eigenvalue weighted by molar-refractivity contribution is 0.336. The number of hydrogen-bond donors (Lipinski definition) is 0. The van der Waals surface area contributed by atoms with Gasteiger partial charge in [-0.2, -0.15) is 0 Å². The van der Waals surface area contributed by atoms with Crippen LogP contribution in [0.15, 0.2) is 36.8 Å². The molecule has 0 aromatic rings. The van der Waals surface area contributed by atoms with Crippen LogP contribution in [0.2, 0.25) is 0 Å². The van der Waals surface area contributed by atoms with Gasteiger partial charge in [-0.25, -0.2) is 0 Å². The molecule has 67 valence electrons. The van der Waals surface area contributed by atoms with Gasteiger partial charge in [0.25, 0.3) is 29.3 Å². The molecule has 0 amide bonds. The molecule has 0 heterocycles. The van der Waals surface area contributed by atoms with Crippen molar-refractivity contribution in [3.63, 3.8) is 0 Å². The highest BCUT2D eigenvalue weighted by Crippen LogP contribution is 1.89. The van der Waals surface area contributed by atoms with Gasteiger partial charge in [-0.15, -0.1) is 19.7 Å². The summed E-state index contributed by atoms with van der Waals surface area (Å²) in [7, 11) is -0.958. The quantitative estimate of drug-likeness (QED) is 0.544. The van der Waals surface area contributed by atoms with Crippen molar-refractivity contribution in [3.05, 3.63) is 36.8 Å². The third-order valence-corrected chi connectivity index (χ3v) is 4.59. The van der Waals surface area contributed by atoms with Crippen molar-refractivity contribution in [2.75, 3.05) is 0 Å². The van der Waals surface area contributed by atoms with Crippen molar-refractivity contribution in [2.45, 2.75) is 0 Å². The average Bonchev–Trinajstić information content (AvgIpc) is 2.17. The normalized spacial score (nSPS) is 9.92. The zero-order valence-electron chi connectivity index (χ0n) is 7.08. The lowest BCUT2D eigenvalue weighted by Crippen LogP contribution is -2.30. The molecule has 0 fully saturated rings. The largest absolute Gasteiger partial charge is 0.544 e. The van der Waals surface area contributed by atoms with Gasteiger partial charge in [-0.3, -0.25) is 0 Å². The molecule has 0 bridgehead atoms. The molecule has 7 heteroatoms. The minimum Gasteiger partial charge on any atom is -0.410 e. The summed E-state index contributed by atoms with van der Waals surface area (Å²) in [6.07, 6.45) is 0. The van der Waals surface area contributed by atoms with Crippen LogP contribution in [-0.2, 0) is 12.3 Å².